The highest BCUT2D eigenvalue weighted by atomic mass is 32.2. The molecule has 158 valence electrons. The van der Waals surface area contributed by atoms with E-state index in [1.165, 1.54) is 34.5 Å². The van der Waals surface area contributed by atoms with E-state index < -0.39 is 15.8 Å². The second kappa shape index (κ2) is 8.71. The van der Waals surface area contributed by atoms with Gasteiger partial charge in [0.2, 0.25) is 0 Å². The third kappa shape index (κ3) is 4.80. The van der Waals surface area contributed by atoms with Gasteiger partial charge in [0.25, 0.3) is 10.0 Å². The van der Waals surface area contributed by atoms with Crippen LogP contribution in [0.15, 0.2) is 58.3 Å². The van der Waals surface area contributed by atoms with Crippen LogP contribution >= 0.6 is 11.3 Å². The summed E-state index contributed by atoms with van der Waals surface area (Å²) in [5, 5.41) is 4.94. The molecule has 9 heteroatoms. The number of sulfonamides is 1. The molecule has 1 aliphatic heterocycles. The first-order valence-electron chi connectivity index (χ1n) is 9.65. The minimum Gasteiger partial charge on any atom is -0.381 e. The lowest BCUT2D eigenvalue weighted by Crippen LogP contribution is -2.26. The summed E-state index contributed by atoms with van der Waals surface area (Å²) in [5.74, 6) is -0.603. The maximum Gasteiger partial charge on any atom is 0.266 e. The Hall–Kier alpha value is -2.49. The molecule has 0 aliphatic carbocycles. The molecule has 0 amide bonds. The number of benzene rings is 2. The van der Waals surface area contributed by atoms with Gasteiger partial charge < -0.3 is 5.32 Å². The highest BCUT2D eigenvalue weighted by Gasteiger charge is 2.25. The van der Waals surface area contributed by atoms with Crippen LogP contribution < -0.4 is 10.0 Å². The van der Waals surface area contributed by atoms with Gasteiger partial charge in [-0.25, -0.2) is 17.8 Å². The van der Waals surface area contributed by atoms with E-state index in [0.717, 1.165) is 26.1 Å². The molecular formula is C21H23FN4O2S2. The smallest absolute Gasteiger partial charge is 0.266 e. The van der Waals surface area contributed by atoms with Crippen molar-refractivity contribution in [2.24, 2.45) is 0 Å². The highest BCUT2D eigenvalue weighted by molar-refractivity contribution is 7.92. The van der Waals surface area contributed by atoms with Gasteiger partial charge in [-0.05, 0) is 36.6 Å². The van der Waals surface area contributed by atoms with Gasteiger partial charge in [0.15, 0.2) is 5.82 Å². The summed E-state index contributed by atoms with van der Waals surface area (Å²) in [6.45, 7) is 4.46. The number of nitrogens with zero attached hydrogens (tertiary/aromatic N) is 2. The van der Waals surface area contributed by atoms with Crippen LogP contribution in [0.4, 0.5) is 15.9 Å². The van der Waals surface area contributed by atoms with E-state index in [4.69, 9.17) is 0 Å². The van der Waals surface area contributed by atoms with Crippen LogP contribution in [0, 0.1) is 12.7 Å². The quantitative estimate of drug-likeness (QED) is 0.572. The van der Waals surface area contributed by atoms with Gasteiger partial charge in [-0.2, -0.15) is 0 Å². The van der Waals surface area contributed by atoms with Crippen molar-refractivity contribution >= 4 is 32.9 Å². The van der Waals surface area contributed by atoms with E-state index in [2.05, 4.69) is 32.1 Å². The van der Waals surface area contributed by atoms with Crippen molar-refractivity contribution in [2.75, 3.05) is 23.1 Å². The monoisotopic (exact) mass is 446 g/mol. The fourth-order valence-corrected chi connectivity index (χ4v) is 5.33. The Morgan fingerprint density at radius 1 is 1.27 bits per heavy atom. The number of anilines is 2. The zero-order valence-electron chi connectivity index (χ0n) is 16.5. The molecule has 2 aromatic carbocycles. The van der Waals surface area contributed by atoms with Crippen LogP contribution in [0.3, 0.4) is 0 Å². The second-order valence-electron chi connectivity index (χ2n) is 7.43. The van der Waals surface area contributed by atoms with Gasteiger partial charge in [0, 0.05) is 36.7 Å². The van der Waals surface area contributed by atoms with Gasteiger partial charge in [-0.3, -0.25) is 9.62 Å². The molecule has 3 aromatic rings. The van der Waals surface area contributed by atoms with Crippen LogP contribution in [0.25, 0.3) is 0 Å². The van der Waals surface area contributed by atoms with Crippen molar-refractivity contribution in [3.63, 3.8) is 0 Å². The Bertz CT molecular complexity index is 1110. The molecule has 1 aromatic heterocycles. The number of likely N-dealkylation sites (tertiary alicyclic amines) is 1. The summed E-state index contributed by atoms with van der Waals surface area (Å²) in [5.41, 5.74) is 4.07. The second-order valence-corrected chi connectivity index (χ2v) is 9.80. The number of nitrogens with one attached hydrogen (secondary N) is 2. The summed E-state index contributed by atoms with van der Waals surface area (Å²) in [6.07, 6.45) is 0.944. The molecule has 0 bridgehead atoms. The predicted molar refractivity (Wildman–Crippen MR) is 118 cm³/mol. The zero-order valence-corrected chi connectivity index (χ0v) is 18.1. The molecule has 2 N–H and O–H groups in total. The zero-order chi connectivity index (χ0) is 21.1. The Labute approximate surface area is 179 Å². The van der Waals surface area contributed by atoms with Crippen LogP contribution in [-0.4, -0.2) is 37.4 Å². The van der Waals surface area contributed by atoms with Crippen molar-refractivity contribution in [3.05, 3.63) is 70.3 Å². The average molecular weight is 447 g/mol. The lowest BCUT2D eigenvalue weighted by atomic mass is 10.1. The van der Waals surface area contributed by atoms with Gasteiger partial charge in [0.05, 0.1) is 5.51 Å². The first-order valence-corrected chi connectivity index (χ1v) is 12.1. The average Bonchev–Trinajstić information content (AvgIpc) is 3.37. The van der Waals surface area contributed by atoms with Gasteiger partial charge in [-0.1, -0.05) is 30.3 Å². The molecule has 1 aliphatic rings. The Morgan fingerprint density at radius 3 is 2.80 bits per heavy atom. The Morgan fingerprint density at radius 2 is 2.07 bits per heavy atom. The van der Waals surface area contributed by atoms with Crippen LogP contribution in [0.2, 0.25) is 0 Å². The van der Waals surface area contributed by atoms with Gasteiger partial charge in [-0.15, -0.1) is 11.3 Å². The number of halogens is 1. The van der Waals surface area contributed by atoms with E-state index in [0.29, 0.717) is 11.3 Å². The maximum atomic E-state index is 14.7. The van der Waals surface area contributed by atoms with Crippen molar-refractivity contribution < 1.29 is 12.8 Å². The Balaban J connectivity index is 1.44. The number of rotatable bonds is 7. The van der Waals surface area contributed by atoms with E-state index in [1.807, 2.05) is 18.2 Å². The van der Waals surface area contributed by atoms with E-state index >= 15 is 0 Å². The Kier molecular flexibility index (Phi) is 6.03. The van der Waals surface area contributed by atoms with E-state index in [9.17, 15) is 12.8 Å². The molecule has 1 saturated heterocycles. The molecule has 0 saturated carbocycles. The lowest BCUT2D eigenvalue weighted by molar-refractivity contribution is 0.328. The molecule has 0 spiro atoms. The third-order valence-electron chi connectivity index (χ3n) is 5.12. The third-order valence-corrected chi connectivity index (χ3v) is 7.08. The molecule has 2 heterocycles. The normalized spacial score (nSPS) is 17.2. The minimum absolute atomic E-state index is 0.183. The first-order chi connectivity index (χ1) is 14.4. The molecular weight excluding hydrogens is 423 g/mol. The largest absolute Gasteiger partial charge is 0.381 e. The number of hydrogen-bond acceptors (Lipinski definition) is 6. The fraction of sp³-hybridized carbons (Fsp3) is 0.286. The highest BCUT2D eigenvalue weighted by Crippen LogP contribution is 2.27. The molecule has 1 fully saturated rings. The molecule has 30 heavy (non-hydrogen) atoms. The number of aromatic nitrogens is 1. The van der Waals surface area contributed by atoms with Gasteiger partial charge >= 0.3 is 0 Å². The summed E-state index contributed by atoms with van der Waals surface area (Å²) < 4.78 is 42.1. The van der Waals surface area contributed by atoms with Crippen molar-refractivity contribution in [2.45, 2.75) is 30.8 Å². The summed E-state index contributed by atoms with van der Waals surface area (Å²) in [6, 6.07) is 13.1. The lowest BCUT2D eigenvalue weighted by Gasteiger charge is -2.19. The fourth-order valence-electron chi connectivity index (χ4n) is 3.63. The standard InChI is InChI=1S/C21H23FN4O2S2/c1-15-9-20(30(27,28)25-21-13-29-14-23-21)18(22)10-19(15)24-17-7-8-26(12-17)11-16-5-3-2-4-6-16/h2-6,9-10,13-14,17,24-25H,7-8,11-12H2,1H3. The number of hydrogen-bond donors (Lipinski definition) is 2. The van der Waals surface area contributed by atoms with Crippen LogP contribution in [0.1, 0.15) is 17.5 Å². The number of aryl methyl sites for hydroxylation is 1. The van der Waals surface area contributed by atoms with Crippen molar-refractivity contribution in [1.82, 2.24) is 9.88 Å². The molecule has 4 rings (SSSR count). The predicted octanol–water partition coefficient (Wildman–Crippen LogP) is 4.08. The molecule has 0 radical (unpaired) electrons. The van der Waals surface area contributed by atoms with Crippen molar-refractivity contribution in [1.29, 1.82) is 0 Å². The summed E-state index contributed by atoms with van der Waals surface area (Å²) in [4.78, 5) is 5.87. The van der Waals surface area contributed by atoms with Gasteiger partial charge in [0.1, 0.15) is 10.7 Å². The van der Waals surface area contributed by atoms with E-state index in [1.54, 1.807) is 12.3 Å². The molecule has 1 atom stereocenters. The van der Waals surface area contributed by atoms with Crippen molar-refractivity contribution in [3.8, 4) is 0 Å². The molecule has 6 nitrogen and oxygen atoms in total. The minimum atomic E-state index is -4.04. The topological polar surface area (TPSA) is 74.3 Å². The summed E-state index contributed by atoms with van der Waals surface area (Å²) >= 11 is 1.26. The summed E-state index contributed by atoms with van der Waals surface area (Å²) in [7, 11) is -4.04. The SMILES string of the molecule is Cc1cc(S(=O)(=O)Nc2cscn2)c(F)cc1NC1CCN(Cc2ccccc2)C1. The molecule has 1 unspecified atom stereocenters. The van der Waals surface area contributed by atoms with E-state index in [-0.39, 0.29) is 16.8 Å². The van der Waals surface area contributed by atoms with Crippen LogP contribution in [0.5, 0.6) is 0 Å². The maximum absolute atomic E-state index is 14.7. The number of thiazole rings is 1. The van der Waals surface area contributed by atoms with Crippen LogP contribution in [-0.2, 0) is 16.6 Å². The first kappa shape index (κ1) is 20.8.